The predicted octanol–water partition coefficient (Wildman–Crippen LogP) is 2.01. The van der Waals surface area contributed by atoms with Crippen LogP contribution in [0.5, 0.6) is 0 Å². The van der Waals surface area contributed by atoms with E-state index < -0.39 is 12.7 Å². The first-order chi connectivity index (χ1) is 10.9. The molecule has 2 aliphatic heterocycles. The molecule has 1 amide bonds. The SMILES string of the molecule is O=C(C1CCN(CC(F)(F)F)C1)N1CCCCC1c1ncon1. The highest BCUT2D eigenvalue weighted by molar-refractivity contribution is 5.80. The number of carbonyl (C=O) groups is 1. The maximum atomic E-state index is 12.7. The number of halogens is 3. The molecule has 0 aliphatic carbocycles. The fourth-order valence-corrected chi connectivity index (χ4v) is 3.46. The second-order valence-electron chi connectivity index (χ2n) is 6.17. The van der Waals surface area contributed by atoms with Crippen LogP contribution in [0.3, 0.4) is 0 Å². The summed E-state index contributed by atoms with van der Waals surface area (Å²) < 4.78 is 42.2. The summed E-state index contributed by atoms with van der Waals surface area (Å²) in [7, 11) is 0. The highest BCUT2D eigenvalue weighted by atomic mass is 19.4. The molecule has 2 aliphatic rings. The lowest BCUT2D eigenvalue weighted by Gasteiger charge is -2.35. The Kier molecular flexibility index (Phi) is 4.56. The van der Waals surface area contributed by atoms with Crippen LogP contribution in [0, 0.1) is 5.92 Å². The van der Waals surface area contributed by atoms with Crippen molar-refractivity contribution in [3.63, 3.8) is 0 Å². The van der Waals surface area contributed by atoms with Gasteiger partial charge in [0.2, 0.25) is 12.3 Å². The van der Waals surface area contributed by atoms with Crippen molar-refractivity contribution in [2.45, 2.75) is 37.9 Å². The molecule has 0 N–H and O–H groups in total. The second-order valence-corrected chi connectivity index (χ2v) is 6.17. The molecule has 0 spiro atoms. The Bertz CT molecular complexity index is 535. The molecule has 0 bridgehead atoms. The van der Waals surface area contributed by atoms with Gasteiger partial charge in [-0.25, -0.2) is 0 Å². The van der Waals surface area contributed by atoms with Crippen LogP contribution >= 0.6 is 0 Å². The van der Waals surface area contributed by atoms with Gasteiger partial charge in [-0.15, -0.1) is 0 Å². The van der Waals surface area contributed by atoms with Crippen molar-refractivity contribution in [1.82, 2.24) is 19.9 Å². The summed E-state index contributed by atoms with van der Waals surface area (Å²) in [5.41, 5.74) is 0. The average molecular weight is 332 g/mol. The van der Waals surface area contributed by atoms with Crippen molar-refractivity contribution >= 4 is 5.91 Å². The largest absolute Gasteiger partial charge is 0.401 e. The third-order valence-electron chi connectivity index (χ3n) is 4.49. The summed E-state index contributed by atoms with van der Waals surface area (Å²) in [6.45, 7) is 0.100. The van der Waals surface area contributed by atoms with Crippen molar-refractivity contribution in [3.8, 4) is 0 Å². The summed E-state index contributed by atoms with van der Waals surface area (Å²) in [6, 6.07) is -0.230. The number of aromatic nitrogens is 2. The van der Waals surface area contributed by atoms with Crippen molar-refractivity contribution in [2.24, 2.45) is 5.92 Å². The Morgan fingerprint density at radius 1 is 1.30 bits per heavy atom. The maximum Gasteiger partial charge on any atom is 0.401 e. The molecule has 1 aromatic heterocycles. The fourth-order valence-electron chi connectivity index (χ4n) is 3.46. The van der Waals surface area contributed by atoms with Gasteiger partial charge < -0.3 is 9.42 Å². The van der Waals surface area contributed by atoms with Gasteiger partial charge in [0.25, 0.3) is 0 Å². The Morgan fingerprint density at radius 3 is 2.83 bits per heavy atom. The van der Waals surface area contributed by atoms with Gasteiger partial charge in [-0.05, 0) is 32.2 Å². The predicted molar refractivity (Wildman–Crippen MR) is 73.2 cm³/mol. The first-order valence-electron chi connectivity index (χ1n) is 7.80. The van der Waals surface area contributed by atoms with E-state index in [1.807, 2.05) is 0 Å². The number of piperidine rings is 1. The molecule has 2 fully saturated rings. The Balaban J connectivity index is 1.65. The Hall–Kier alpha value is -1.64. The third-order valence-corrected chi connectivity index (χ3v) is 4.49. The highest BCUT2D eigenvalue weighted by Gasteiger charge is 2.40. The lowest BCUT2D eigenvalue weighted by atomic mass is 9.98. The first kappa shape index (κ1) is 16.2. The van der Waals surface area contributed by atoms with Crippen LogP contribution in [-0.4, -0.2) is 58.2 Å². The van der Waals surface area contributed by atoms with Gasteiger partial charge in [0.1, 0.15) is 0 Å². The van der Waals surface area contributed by atoms with Crippen LogP contribution in [0.1, 0.15) is 37.5 Å². The van der Waals surface area contributed by atoms with E-state index >= 15 is 0 Å². The normalized spacial score (nSPS) is 26.7. The number of nitrogens with zero attached hydrogens (tertiary/aromatic N) is 4. The van der Waals surface area contributed by atoms with Crippen LogP contribution in [0.4, 0.5) is 13.2 Å². The van der Waals surface area contributed by atoms with E-state index in [9.17, 15) is 18.0 Å². The van der Waals surface area contributed by atoms with Gasteiger partial charge in [0.05, 0.1) is 18.5 Å². The number of carbonyl (C=O) groups excluding carboxylic acids is 1. The minimum Gasteiger partial charge on any atom is -0.343 e. The van der Waals surface area contributed by atoms with Gasteiger partial charge in [0, 0.05) is 13.1 Å². The van der Waals surface area contributed by atoms with E-state index in [2.05, 4.69) is 10.1 Å². The zero-order chi connectivity index (χ0) is 16.4. The average Bonchev–Trinajstić information content (AvgIpc) is 3.16. The van der Waals surface area contributed by atoms with Gasteiger partial charge in [-0.1, -0.05) is 5.16 Å². The Morgan fingerprint density at radius 2 is 2.13 bits per heavy atom. The smallest absolute Gasteiger partial charge is 0.343 e. The van der Waals surface area contributed by atoms with Gasteiger partial charge in [-0.2, -0.15) is 18.2 Å². The molecule has 2 unspecified atom stereocenters. The van der Waals surface area contributed by atoms with E-state index in [1.165, 1.54) is 11.3 Å². The number of likely N-dealkylation sites (tertiary alicyclic amines) is 2. The molecule has 0 aromatic carbocycles. The fraction of sp³-hybridized carbons (Fsp3) is 0.786. The first-order valence-corrected chi connectivity index (χ1v) is 7.80. The molecule has 3 heterocycles. The molecule has 23 heavy (non-hydrogen) atoms. The Labute approximate surface area is 131 Å². The van der Waals surface area contributed by atoms with Crippen LogP contribution in [0.15, 0.2) is 10.9 Å². The van der Waals surface area contributed by atoms with Crippen LogP contribution < -0.4 is 0 Å². The minimum absolute atomic E-state index is 0.0934. The van der Waals surface area contributed by atoms with Crippen molar-refractivity contribution in [3.05, 3.63) is 12.2 Å². The van der Waals surface area contributed by atoms with E-state index in [-0.39, 0.29) is 24.4 Å². The molecule has 128 valence electrons. The highest BCUT2D eigenvalue weighted by Crippen LogP contribution is 2.32. The molecule has 2 saturated heterocycles. The van der Waals surface area contributed by atoms with E-state index in [1.54, 1.807) is 4.90 Å². The molecular formula is C14H19F3N4O2. The van der Waals surface area contributed by atoms with E-state index in [0.717, 1.165) is 19.3 Å². The zero-order valence-electron chi connectivity index (χ0n) is 12.6. The second kappa shape index (κ2) is 6.46. The van der Waals surface area contributed by atoms with E-state index in [0.29, 0.717) is 25.3 Å². The number of hydrogen-bond donors (Lipinski definition) is 0. The molecule has 1 aromatic rings. The summed E-state index contributed by atoms with van der Waals surface area (Å²) in [5, 5.41) is 3.82. The molecule has 9 heteroatoms. The van der Waals surface area contributed by atoms with E-state index in [4.69, 9.17) is 4.52 Å². The molecular weight excluding hydrogens is 313 g/mol. The molecule has 6 nitrogen and oxygen atoms in total. The number of amides is 1. The number of rotatable bonds is 3. The quantitative estimate of drug-likeness (QED) is 0.847. The van der Waals surface area contributed by atoms with Crippen LogP contribution in [0.25, 0.3) is 0 Å². The number of hydrogen-bond acceptors (Lipinski definition) is 5. The summed E-state index contributed by atoms with van der Waals surface area (Å²) in [5.74, 6) is -0.00257. The third kappa shape index (κ3) is 3.82. The monoisotopic (exact) mass is 332 g/mol. The van der Waals surface area contributed by atoms with Gasteiger partial charge in [-0.3, -0.25) is 9.69 Å². The van der Waals surface area contributed by atoms with Crippen LogP contribution in [-0.2, 0) is 4.79 Å². The lowest BCUT2D eigenvalue weighted by Crippen LogP contribution is -2.43. The van der Waals surface area contributed by atoms with Gasteiger partial charge in [0.15, 0.2) is 5.82 Å². The maximum absolute atomic E-state index is 12.7. The standard InChI is InChI=1S/C14H19F3N4O2/c15-14(16,17)8-20-6-4-10(7-20)13(22)21-5-2-1-3-11(21)12-18-9-23-19-12/h9-11H,1-8H2. The summed E-state index contributed by atoms with van der Waals surface area (Å²) >= 11 is 0. The molecule has 2 atom stereocenters. The lowest BCUT2D eigenvalue weighted by molar-refractivity contribution is -0.147. The molecule has 3 rings (SSSR count). The summed E-state index contributed by atoms with van der Waals surface area (Å²) in [4.78, 5) is 19.8. The van der Waals surface area contributed by atoms with Crippen molar-refractivity contribution in [1.29, 1.82) is 0 Å². The minimum atomic E-state index is -4.23. The molecule has 0 saturated carbocycles. The summed E-state index contributed by atoms with van der Waals surface area (Å²) in [6.07, 6.45) is 0.0744. The topological polar surface area (TPSA) is 62.5 Å². The van der Waals surface area contributed by atoms with Crippen molar-refractivity contribution < 1.29 is 22.5 Å². The van der Waals surface area contributed by atoms with Crippen LogP contribution in [0.2, 0.25) is 0 Å². The van der Waals surface area contributed by atoms with Crippen molar-refractivity contribution in [2.75, 3.05) is 26.2 Å². The number of alkyl halides is 3. The zero-order valence-corrected chi connectivity index (χ0v) is 12.6. The van der Waals surface area contributed by atoms with Gasteiger partial charge >= 0.3 is 6.18 Å². The molecule has 0 radical (unpaired) electrons.